The molecule has 2 saturated carbocycles. The molecule has 1 aromatic carbocycles. The lowest BCUT2D eigenvalue weighted by Crippen LogP contribution is -2.52. The van der Waals surface area contributed by atoms with Crippen molar-refractivity contribution in [1.82, 2.24) is 5.32 Å². The summed E-state index contributed by atoms with van der Waals surface area (Å²) in [6.07, 6.45) is 3.77. The predicted octanol–water partition coefficient (Wildman–Crippen LogP) is 2.22. The van der Waals surface area contributed by atoms with E-state index in [9.17, 15) is 4.79 Å². The molecule has 0 bridgehead atoms. The summed E-state index contributed by atoms with van der Waals surface area (Å²) in [6.45, 7) is 0. The molecule has 0 unspecified atom stereocenters. The number of hydrogen-bond acceptors (Lipinski definition) is 3. The number of ether oxygens (including phenoxy) is 1. The van der Waals surface area contributed by atoms with E-state index in [4.69, 9.17) is 10.5 Å². The first kappa shape index (κ1) is 16.1. The van der Waals surface area contributed by atoms with Crippen molar-refractivity contribution in [3.63, 3.8) is 0 Å². The maximum absolute atomic E-state index is 12.0. The largest absolute Gasteiger partial charge is 0.497 e. The second-order valence-electron chi connectivity index (χ2n) is 6.08. The molecule has 3 rings (SSSR count). The highest BCUT2D eigenvalue weighted by atomic mass is 35.5. The molecule has 2 fully saturated rings. The molecule has 1 aromatic rings. The highest BCUT2D eigenvalue weighted by Gasteiger charge is 2.37. The van der Waals surface area contributed by atoms with Gasteiger partial charge in [-0.25, -0.2) is 0 Å². The summed E-state index contributed by atoms with van der Waals surface area (Å²) in [6, 6.07) is 8.77. The first-order valence-electron chi connectivity index (χ1n) is 7.35. The third kappa shape index (κ3) is 3.50. The Morgan fingerprint density at radius 1 is 1.19 bits per heavy atom. The van der Waals surface area contributed by atoms with Gasteiger partial charge in [-0.1, -0.05) is 12.1 Å². The Hall–Kier alpha value is -1.26. The number of halogens is 1. The molecule has 0 aromatic heterocycles. The topological polar surface area (TPSA) is 64.3 Å². The van der Waals surface area contributed by atoms with Gasteiger partial charge >= 0.3 is 0 Å². The van der Waals surface area contributed by atoms with Crippen LogP contribution < -0.4 is 15.8 Å². The van der Waals surface area contributed by atoms with Gasteiger partial charge in [0.05, 0.1) is 7.11 Å². The number of rotatable bonds is 4. The van der Waals surface area contributed by atoms with Crippen LogP contribution in [-0.4, -0.2) is 25.1 Å². The quantitative estimate of drug-likeness (QED) is 0.896. The fraction of sp³-hybridized carbons (Fsp3) is 0.562. The maximum atomic E-state index is 12.0. The van der Waals surface area contributed by atoms with Crippen LogP contribution in [-0.2, 0) is 4.79 Å². The van der Waals surface area contributed by atoms with Gasteiger partial charge in [-0.05, 0) is 49.3 Å². The van der Waals surface area contributed by atoms with E-state index in [-0.39, 0.29) is 30.3 Å². The van der Waals surface area contributed by atoms with Crippen molar-refractivity contribution in [3.8, 4) is 5.75 Å². The third-order valence-electron chi connectivity index (χ3n) is 4.62. The molecular weight excluding hydrogens is 288 g/mol. The average Bonchev–Trinajstić information content (AvgIpc) is 2.36. The number of methoxy groups -OCH3 is 1. The molecule has 0 saturated heterocycles. The van der Waals surface area contributed by atoms with Crippen LogP contribution in [0.5, 0.6) is 5.75 Å². The summed E-state index contributed by atoms with van der Waals surface area (Å²) in [5.41, 5.74) is 7.03. The minimum absolute atomic E-state index is 0. The van der Waals surface area contributed by atoms with Gasteiger partial charge in [-0.15, -0.1) is 12.4 Å². The average molecular weight is 311 g/mol. The lowest BCUT2D eigenvalue weighted by atomic mass is 9.70. The molecule has 0 aliphatic heterocycles. The summed E-state index contributed by atoms with van der Waals surface area (Å²) in [5.74, 6) is 1.79. The van der Waals surface area contributed by atoms with E-state index in [1.807, 2.05) is 12.1 Å². The second-order valence-corrected chi connectivity index (χ2v) is 6.08. The summed E-state index contributed by atoms with van der Waals surface area (Å²) in [5, 5.41) is 3.10. The molecule has 0 heterocycles. The summed E-state index contributed by atoms with van der Waals surface area (Å²) >= 11 is 0. The second kappa shape index (κ2) is 6.67. The van der Waals surface area contributed by atoms with Gasteiger partial charge in [-0.2, -0.15) is 0 Å². The zero-order valence-corrected chi connectivity index (χ0v) is 13.1. The Kier molecular flexibility index (Phi) is 5.12. The number of carbonyl (C=O) groups is 1. The highest BCUT2D eigenvalue weighted by Crippen LogP contribution is 2.42. The Morgan fingerprint density at radius 2 is 1.81 bits per heavy atom. The molecule has 4 nitrogen and oxygen atoms in total. The molecule has 5 heteroatoms. The molecule has 2 aliphatic carbocycles. The van der Waals surface area contributed by atoms with Gasteiger partial charge in [0.15, 0.2) is 0 Å². The van der Waals surface area contributed by atoms with Crippen LogP contribution in [0.1, 0.15) is 37.2 Å². The smallest absolute Gasteiger partial charge is 0.223 e. The molecule has 2 aliphatic rings. The van der Waals surface area contributed by atoms with Gasteiger partial charge in [0, 0.05) is 18.0 Å². The lowest BCUT2D eigenvalue weighted by Gasteiger charge is -2.38. The van der Waals surface area contributed by atoms with Crippen LogP contribution >= 0.6 is 12.4 Å². The Labute approximate surface area is 131 Å². The van der Waals surface area contributed by atoms with Crippen molar-refractivity contribution in [1.29, 1.82) is 0 Å². The number of carbonyl (C=O) groups excluding carboxylic acids is 1. The highest BCUT2D eigenvalue weighted by molar-refractivity contribution is 5.85. The molecule has 116 valence electrons. The number of nitrogens with two attached hydrogens (primary N) is 1. The SMILES string of the molecule is COc1ccc(C2CC(C(=O)N[C@H]3C[C@@H](N)C3)C2)cc1.Cl. The maximum Gasteiger partial charge on any atom is 0.223 e. The van der Waals surface area contributed by atoms with Crippen molar-refractivity contribution in [2.75, 3.05) is 7.11 Å². The standard InChI is InChI=1S/C16H22N2O2.ClH/c1-20-15-4-2-10(3-5-15)11-6-12(7-11)16(19)18-14-8-13(17)9-14;/h2-5,11-14H,6-9,17H2,1H3,(H,18,19);1H/t11?,12?,13-,14+;. The molecular formula is C16H23ClN2O2. The minimum Gasteiger partial charge on any atom is -0.497 e. The van der Waals surface area contributed by atoms with Crippen molar-refractivity contribution < 1.29 is 9.53 Å². The van der Waals surface area contributed by atoms with Gasteiger partial charge in [0.1, 0.15) is 5.75 Å². The Morgan fingerprint density at radius 3 is 2.33 bits per heavy atom. The number of hydrogen-bond donors (Lipinski definition) is 2. The van der Waals surface area contributed by atoms with Crippen LogP contribution in [0.2, 0.25) is 0 Å². The molecule has 3 N–H and O–H groups in total. The van der Waals surface area contributed by atoms with E-state index in [1.54, 1.807) is 7.11 Å². The molecule has 0 radical (unpaired) electrons. The van der Waals surface area contributed by atoms with Crippen molar-refractivity contribution >= 4 is 18.3 Å². The minimum atomic E-state index is 0. The van der Waals surface area contributed by atoms with Crippen molar-refractivity contribution in [2.45, 2.75) is 43.7 Å². The van der Waals surface area contributed by atoms with E-state index in [2.05, 4.69) is 17.4 Å². The van der Waals surface area contributed by atoms with Gasteiger partial charge in [0.2, 0.25) is 5.91 Å². The Bertz CT molecular complexity index is 480. The van der Waals surface area contributed by atoms with E-state index in [0.29, 0.717) is 12.0 Å². The summed E-state index contributed by atoms with van der Waals surface area (Å²) in [7, 11) is 1.67. The van der Waals surface area contributed by atoms with Crippen LogP contribution in [0, 0.1) is 5.92 Å². The van der Waals surface area contributed by atoms with Crippen LogP contribution in [0.15, 0.2) is 24.3 Å². The normalized spacial score (nSPS) is 30.4. The summed E-state index contributed by atoms with van der Waals surface area (Å²) in [4.78, 5) is 12.0. The number of benzene rings is 1. The monoisotopic (exact) mass is 310 g/mol. The van der Waals surface area contributed by atoms with Crippen molar-refractivity contribution in [2.24, 2.45) is 11.7 Å². The molecule has 1 amide bonds. The zero-order valence-electron chi connectivity index (χ0n) is 12.2. The molecule has 0 atom stereocenters. The fourth-order valence-electron chi connectivity index (χ4n) is 3.08. The summed E-state index contributed by atoms with van der Waals surface area (Å²) < 4.78 is 5.16. The van der Waals surface area contributed by atoms with Gasteiger partial charge in [0.25, 0.3) is 0 Å². The van der Waals surface area contributed by atoms with Gasteiger partial charge in [-0.3, -0.25) is 4.79 Å². The molecule has 21 heavy (non-hydrogen) atoms. The van der Waals surface area contributed by atoms with Crippen molar-refractivity contribution in [3.05, 3.63) is 29.8 Å². The molecule has 0 spiro atoms. The predicted molar refractivity (Wildman–Crippen MR) is 84.8 cm³/mol. The van der Waals surface area contributed by atoms with Gasteiger partial charge < -0.3 is 15.8 Å². The van der Waals surface area contributed by atoms with Crippen LogP contribution in [0.25, 0.3) is 0 Å². The van der Waals surface area contributed by atoms with E-state index in [0.717, 1.165) is 31.4 Å². The van der Waals surface area contributed by atoms with E-state index < -0.39 is 0 Å². The zero-order chi connectivity index (χ0) is 14.1. The first-order valence-corrected chi connectivity index (χ1v) is 7.35. The van der Waals surface area contributed by atoms with Crippen LogP contribution in [0.3, 0.4) is 0 Å². The van der Waals surface area contributed by atoms with E-state index >= 15 is 0 Å². The Balaban J connectivity index is 0.00000161. The first-order chi connectivity index (χ1) is 9.65. The van der Waals surface area contributed by atoms with Crippen LogP contribution in [0.4, 0.5) is 0 Å². The third-order valence-corrected chi connectivity index (χ3v) is 4.62. The fourth-order valence-corrected chi connectivity index (χ4v) is 3.08. The number of amides is 1. The number of nitrogens with one attached hydrogen (secondary N) is 1. The van der Waals surface area contributed by atoms with E-state index in [1.165, 1.54) is 5.56 Å². The lowest BCUT2D eigenvalue weighted by molar-refractivity contribution is -0.129.